The zero-order valence-corrected chi connectivity index (χ0v) is 13.1. The molecule has 0 aliphatic carbocycles. The van der Waals surface area contributed by atoms with E-state index in [1.807, 2.05) is 0 Å². The number of phenolic OH excluding ortho intramolecular Hbond substituents is 1. The Balaban J connectivity index is 0.00000324. The standard InChI is InChI=1S/C12H15BrFNO3.ClH/c1-12(2,11(17)18-3)10(15)8-7(14)5-4-6(13)9(8)16;/h4-5,10,16H,15H2,1-3H3;1H/t10-;/m1./s1. The quantitative estimate of drug-likeness (QED) is 0.817. The molecule has 7 heteroatoms. The number of hydrogen-bond acceptors (Lipinski definition) is 4. The summed E-state index contributed by atoms with van der Waals surface area (Å²) < 4.78 is 18.7. The molecule has 1 rings (SSSR count). The van der Waals surface area contributed by atoms with Crippen LogP contribution in [0.3, 0.4) is 0 Å². The van der Waals surface area contributed by atoms with Crippen LogP contribution in [0.1, 0.15) is 25.5 Å². The molecule has 1 aromatic carbocycles. The van der Waals surface area contributed by atoms with Crippen molar-refractivity contribution >= 4 is 34.3 Å². The lowest BCUT2D eigenvalue weighted by atomic mass is 9.80. The molecule has 0 aliphatic heterocycles. The van der Waals surface area contributed by atoms with E-state index in [1.54, 1.807) is 0 Å². The van der Waals surface area contributed by atoms with Gasteiger partial charge in [-0.1, -0.05) is 0 Å². The Kier molecular flexibility index (Phi) is 6.25. The summed E-state index contributed by atoms with van der Waals surface area (Å²) in [6, 6.07) is 1.51. The molecule has 0 fully saturated rings. The van der Waals surface area contributed by atoms with Crippen molar-refractivity contribution in [3.8, 4) is 5.75 Å². The Bertz CT molecular complexity index is 482. The lowest BCUT2D eigenvalue weighted by Gasteiger charge is -2.29. The number of phenols is 1. The van der Waals surface area contributed by atoms with E-state index in [2.05, 4.69) is 20.7 Å². The smallest absolute Gasteiger partial charge is 0.313 e. The molecule has 0 spiro atoms. The average Bonchev–Trinajstić information content (AvgIpc) is 2.33. The SMILES string of the molecule is COC(=O)C(C)(C)[C@H](N)c1c(F)ccc(Br)c1O.Cl. The van der Waals surface area contributed by atoms with Gasteiger partial charge in [-0.05, 0) is 41.9 Å². The van der Waals surface area contributed by atoms with Crippen LogP contribution < -0.4 is 5.73 Å². The third kappa shape index (κ3) is 3.38. The minimum atomic E-state index is -1.16. The third-order valence-corrected chi connectivity index (χ3v) is 3.55. The van der Waals surface area contributed by atoms with E-state index >= 15 is 0 Å². The van der Waals surface area contributed by atoms with Gasteiger partial charge in [0.1, 0.15) is 11.6 Å². The topological polar surface area (TPSA) is 72.5 Å². The number of halogens is 3. The van der Waals surface area contributed by atoms with Gasteiger partial charge in [-0.25, -0.2) is 4.39 Å². The number of nitrogens with two attached hydrogens (primary N) is 1. The van der Waals surface area contributed by atoms with Crippen LogP contribution in [-0.2, 0) is 9.53 Å². The van der Waals surface area contributed by atoms with E-state index in [1.165, 1.54) is 33.1 Å². The van der Waals surface area contributed by atoms with Gasteiger partial charge in [-0.15, -0.1) is 12.4 Å². The number of hydrogen-bond donors (Lipinski definition) is 2. The summed E-state index contributed by atoms with van der Waals surface area (Å²) in [5, 5.41) is 9.85. The van der Waals surface area contributed by atoms with Crippen molar-refractivity contribution < 1.29 is 19.0 Å². The zero-order chi connectivity index (χ0) is 14.1. The third-order valence-electron chi connectivity index (χ3n) is 2.91. The van der Waals surface area contributed by atoms with E-state index in [0.717, 1.165) is 0 Å². The number of aromatic hydroxyl groups is 1. The van der Waals surface area contributed by atoms with Crippen molar-refractivity contribution in [2.45, 2.75) is 19.9 Å². The first-order chi connectivity index (χ1) is 8.23. The van der Waals surface area contributed by atoms with Crippen molar-refractivity contribution in [1.29, 1.82) is 0 Å². The Morgan fingerprint density at radius 2 is 2.05 bits per heavy atom. The predicted octanol–water partition coefficient (Wildman–Crippen LogP) is 2.91. The highest BCUT2D eigenvalue weighted by molar-refractivity contribution is 9.10. The van der Waals surface area contributed by atoms with Crippen LogP contribution in [0.15, 0.2) is 16.6 Å². The number of esters is 1. The summed E-state index contributed by atoms with van der Waals surface area (Å²) in [4.78, 5) is 11.6. The van der Waals surface area contributed by atoms with Crippen molar-refractivity contribution in [2.24, 2.45) is 11.1 Å². The highest BCUT2D eigenvalue weighted by atomic mass is 79.9. The van der Waals surface area contributed by atoms with Crippen LogP contribution in [0, 0.1) is 11.2 Å². The summed E-state index contributed by atoms with van der Waals surface area (Å²) in [6.45, 7) is 3.06. The lowest BCUT2D eigenvalue weighted by Crippen LogP contribution is -2.38. The summed E-state index contributed by atoms with van der Waals surface area (Å²) in [5.74, 6) is -1.55. The largest absolute Gasteiger partial charge is 0.506 e. The summed E-state index contributed by atoms with van der Waals surface area (Å²) in [5.41, 5.74) is 4.63. The first-order valence-electron chi connectivity index (χ1n) is 5.24. The van der Waals surface area contributed by atoms with Gasteiger partial charge >= 0.3 is 5.97 Å². The zero-order valence-electron chi connectivity index (χ0n) is 10.7. The minimum Gasteiger partial charge on any atom is -0.506 e. The van der Waals surface area contributed by atoms with E-state index in [4.69, 9.17) is 5.73 Å². The van der Waals surface area contributed by atoms with Gasteiger partial charge in [0.25, 0.3) is 0 Å². The van der Waals surface area contributed by atoms with Crippen molar-refractivity contribution in [3.63, 3.8) is 0 Å². The maximum atomic E-state index is 13.8. The first kappa shape index (κ1) is 18.1. The number of benzene rings is 1. The summed E-state index contributed by atoms with van der Waals surface area (Å²) in [6.07, 6.45) is 0. The second-order valence-corrected chi connectivity index (χ2v) is 5.34. The molecule has 0 aromatic heterocycles. The van der Waals surface area contributed by atoms with Gasteiger partial charge in [-0.2, -0.15) is 0 Å². The van der Waals surface area contributed by atoms with Gasteiger partial charge in [0.15, 0.2) is 0 Å². The number of carbonyl (C=O) groups excluding carboxylic acids is 1. The van der Waals surface area contributed by atoms with Gasteiger partial charge in [0, 0.05) is 5.56 Å². The van der Waals surface area contributed by atoms with Gasteiger partial charge < -0.3 is 15.6 Å². The highest BCUT2D eigenvalue weighted by Crippen LogP contribution is 2.40. The molecule has 3 N–H and O–H groups in total. The van der Waals surface area contributed by atoms with Crippen LogP contribution in [0.2, 0.25) is 0 Å². The maximum absolute atomic E-state index is 13.8. The monoisotopic (exact) mass is 355 g/mol. The van der Waals surface area contributed by atoms with Crippen molar-refractivity contribution in [3.05, 3.63) is 28.0 Å². The van der Waals surface area contributed by atoms with Gasteiger partial charge in [0.05, 0.1) is 23.0 Å². The Morgan fingerprint density at radius 1 is 1.53 bits per heavy atom. The van der Waals surface area contributed by atoms with E-state index in [-0.39, 0.29) is 23.7 Å². The number of methoxy groups -OCH3 is 1. The van der Waals surface area contributed by atoms with Crippen LogP contribution in [0.25, 0.3) is 0 Å². The Morgan fingerprint density at radius 3 is 2.53 bits per heavy atom. The molecule has 0 aliphatic rings. The van der Waals surface area contributed by atoms with E-state index in [0.29, 0.717) is 4.47 Å². The summed E-state index contributed by atoms with van der Waals surface area (Å²) >= 11 is 3.08. The lowest BCUT2D eigenvalue weighted by molar-refractivity contribution is -0.152. The maximum Gasteiger partial charge on any atom is 0.313 e. The van der Waals surface area contributed by atoms with Crippen LogP contribution in [0.5, 0.6) is 5.75 Å². The average molecular weight is 357 g/mol. The molecule has 0 heterocycles. The minimum absolute atomic E-state index is 0. The molecule has 0 amide bonds. The molecule has 0 radical (unpaired) electrons. The Hall–Kier alpha value is -0.850. The van der Waals surface area contributed by atoms with Crippen molar-refractivity contribution in [1.82, 2.24) is 0 Å². The molecule has 1 atom stereocenters. The molecule has 0 saturated carbocycles. The van der Waals surface area contributed by atoms with Gasteiger partial charge in [-0.3, -0.25) is 4.79 Å². The fourth-order valence-electron chi connectivity index (χ4n) is 1.60. The molecular weight excluding hydrogens is 340 g/mol. The van der Waals surface area contributed by atoms with Crippen LogP contribution in [0.4, 0.5) is 4.39 Å². The van der Waals surface area contributed by atoms with Crippen LogP contribution >= 0.6 is 28.3 Å². The van der Waals surface area contributed by atoms with Crippen LogP contribution in [-0.4, -0.2) is 18.2 Å². The first-order valence-corrected chi connectivity index (χ1v) is 6.03. The second-order valence-electron chi connectivity index (χ2n) is 4.48. The molecule has 1 aromatic rings. The number of rotatable bonds is 3. The number of ether oxygens (including phenoxy) is 1. The summed E-state index contributed by atoms with van der Waals surface area (Å²) in [7, 11) is 1.23. The van der Waals surface area contributed by atoms with E-state index < -0.39 is 23.2 Å². The molecule has 108 valence electrons. The molecule has 0 bridgehead atoms. The fourth-order valence-corrected chi connectivity index (χ4v) is 1.95. The molecular formula is C12H16BrClFNO3. The highest BCUT2D eigenvalue weighted by Gasteiger charge is 2.39. The Labute approximate surface area is 125 Å². The molecule has 19 heavy (non-hydrogen) atoms. The normalized spacial score (nSPS) is 12.5. The molecule has 0 saturated heterocycles. The van der Waals surface area contributed by atoms with E-state index in [9.17, 15) is 14.3 Å². The van der Waals surface area contributed by atoms with Gasteiger partial charge in [0.2, 0.25) is 0 Å². The molecule has 0 unspecified atom stereocenters. The fraction of sp³-hybridized carbons (Fsp3) is 0.417. The number of carbonyl (C=O) groups is 1. The predicted molar refractivity (Wildman–Crippen MR) is 75.7 cm³/mol. The van der Waals surface area contributed by atoms with Crippen molar-refractivity contribution in [2.75, 3.05) is 7.11 Å². The second kappa shape index (κ2) is 6.54. The molecule has 4 nitrogen and oxygen atoms in total.